The molecule has 0 amide bonds. The van der Waals surface area contributed by atoms with E-state index in [9.17, 15) is 15.0 Å². The molecule has 150 valence electrons. The molecule has 2 aliphatic rings. The van der Waals surface area contributed by atoms with Crippen LogP contribution in [0, 0.1) is 5.92 Å². The van der Waals surface area contributed by atoms with Crippen molar-refractivity contribution >= 4 is 21.8 Å². The fraction of sp³-hybridized carbons (Fsp3) is 0.375. The SMILES string of the molecule is C=C(C)C1CCC2(C)CC1c1c(cc3c(c1O)c(=O)c1cccc(O)c1n3C)O2. The second kappa shape index (κ2) is 5.78. The quantitative estimate of drug-likeness (QED) is 0.465. The Labute approximate surface area is 168 Å². The first kappa shape index (κ1) is 18.1. The molecule has 3 aromatic rings. The first-order chi connectivity index (χ1) is 13.7. The number of fused-ring (bicyclic) bond motifs is 6. The monoisotopic (exact) mass is 391 g/mol. The van der Waals surface area contributed by atoms with E-state index in [1.54, 1.807) is 29.8 Å². The van der Waals surface area contributed by atoms with Gasteiger partial charge >= 0.3 is 0 Å². The molecule has 2 heterocycles. The van der Waals surface area contributed by atoms with Crippen LogP contribution < -0.4 is 10.2 Å². The molecule has 2 aromatic carbocycles. The molecule has 1 aliphatic heterocycles. The van der Waals surface area contributed by atoms with Crippen LogP contribution >= 0.6 is 0 Å². The average molecular weight is 391 g/mol. The molecule has 1 fully saturated rings. The Bertz CT molecular complexity index is 1270. The second-order valence-electron chi connectivity index (χ2n) is 8.95. The number of pyridine rings is 1. The molecule has 2 bridgehead atoms. The molecule has 1 aromatic heterocycles. The number of nitrogens with zero attached hydrogens (tertiary/aromatic N) is 1. The van der Waals surface area contributed by atoms with Crippen LogP contribution in [0.25, 0.3) is 21.8 Å². The lowest BCUT2D eigenvalue weighted by Gasteiger charge is -2.48. The number of aryl methyl sites for hydroxylation is 1. The van der Waals surface area contributed by atoms with Gasteiger partial charge in [0.15, 0.2) is 0 Å². The maximum absolute atomic E-state index is 13.3. The Morgan fingerprint density at radius 3 is 2.83 bits per heavy atom. The Balaban J connectivity index is 1.91. The highest BCUT2D eigenvalue weighted by Crippen LogP contribution is 2.56. The third kappa shape index (κ3) is 2.36. The minimum atomic E-state index is -0.290. The van der Waals surface area contributed by atoms with Gasteiger partial charge in [0.05, 0.1) is 21.8 Å². The lowest BCUT2D eigenvalue weighted by atomic mass is 9.65. The number of benzene rings is 2. The van der Waals surface area contributed by atoms with Crippen LogP contribution in [-0.2, 0) is 7.05 Å². The molecule has 5 nitrogen and oxygen atoms in total. The van der Waals surface area contributed by atoms with Crippen LogP contribution in [0.1, 0.15) is 44.6 Å². The van der Waals surface area contributed by atoms with Gasteiger partial charge in [0, 0.05) is 24.6 Å². The molecule has 5 rings (SSSR count). The van der Waals surface area contributed by atoms with E-state index in [0.717, 1.165) is 30.4 Å². The topological polar surface area (TPSA) is 71.7 Å². The largest absolute Gasteiger partial charge is 0.507 e. The van der Waals surface area contributed by atoms with Crippen LogP contribution in [0.4, 0.5) is 0 Å². The molecule has 0 saturated heterocycles. The molecule has 1 aliphatic carbocycles. The van der Waals surface area contributed by atoms with E-state index in [4.69, 9.17) is 4.74 Å². The van der Waals surface area contributed by atoms with Gasteiger partial charge in [-0.05, 0) is 51.2 Å². The van der Waals surface area contributed by atoms with Gasteiger partial charge in [0.2, 0.25) is 5.43 Å². The molecule has 2 N–H and O–H groups in total. The van der Waals surface area contributed by atoms with E-state index in [-0.39, 0.29) is 39.8 Å². The minimum absolute atomic E-state index is 0.00328. The number of phenolic OH excluding ortho intramolecular Hbond substituents is 2. The maximum Gasteiger partial charge on any atom is 0.201 e. The summed E-state index contributed by atoms with van der Waals surface area (Å²) in [5.74, 6) is 0.993. The predicted molar refractivity (Wildman–Crippen MR) is 114 cm³/mol. The Kier molecular flexibility index (Phi) is 3.61. The van der Waals surface area contributed by atoms with Crippen molar-refractivity contribution in [2.45, 2.75) is 44.6 Å². The van der Waals surface area contributed by atoms with E-state index < -0.39 is 0 Å². The van der Waals surface area contributed by atoms with Gasteiger partial charge in [-0.3, -0.25) is 4.79 Å². The average Bonchev–Trinajstić information content (AvgIpc) is 2.64. The number of phenols is 2. The van der Waals surface area contributed by atoms with Gasteiger partial charge in [0.1, 0.15) is 22.8 Å². The molecule has 0 radical (unpaired) electrons. The number of ether oxygens (including phenoxy) is 1. The van der Waals surface area contributed by atoms with Crippen molar-refractivity contribution in [3.05, 3.63) is 52.2 Å². The molecule has 3 atom stereocenters. The highest BCUT2D eigenvalue weighted by Gasteiger charge is 2.46. The normalized spacial score (nSPS) is 25.6. The van der Waals surface area contributed by atoms with Crippen LogP contribution in [0.15, 0.2) is 41.2 Å². The highest BCUT2D eigenvalue weighted by molar-refractivity contribution is 6.00. The van der Waals surface area contributed by atoms with Gasteiger partial charge < -0.3 is 19.5 Å². The summed E-state index contributed by atoms with van der Waals surface area (Å²) in [7, 11) is 1.79. The zero-order chi connectivity index (χ0) is 20.7. The zero-order valence-corrected chi connectivity index (χ0v) is 17.0. The molecule has 3 unspecified atom stereocenters. The molecule has 1 saturated carbocycles. The summed E-state index contributed by atoms with van der Waals surface area (Å²) in [4.78, 5) is 13.3. The van der Waals surface area contributed by atoms with E-state index in [0.29, 0.717) is 22.2 Å². The second-order valence-corrected chi connectivity index (χ2v) is 8.95. The summed E-state index contributed by atoms with van der Waals surface area (Å²) < 4.78 is 8.13. The third-order valence-electron chi connectivity index (χ3n) is 6.95. The number of aromatic hydroxyl groups is 2. The smallest absolute Gasteiger partial charge is 0.201 e. The number of allylic oxidation sites excluding steroid dienone is 1. The number of rotatable bonds is 1. The Morgan fingerprint density at radius 2 is 2.10 bits per heavy atom. The summed E-state index contributed by atoms with van der Waals surface area (Å²) in [6, 6.07) is 6.74. The van der Waals surface area contributed by atoms with E-state index >= 15 is 0 Å². The van der Waals surface area contributed by atoms with Crippen molar-refractivity contribution in [1.82, 2.24) is 4.57 Å². The fourth-order valence-corrected chi connectivity index (χ4v) is 5.52. The van der Waals surface area contributed by atoms with Gasteiger partial charge in [-0.25, -0.2) is 0 Å². The van der Waals surface area contributed by atoms with Crippen molar-refractivity contribution in [1.29, 1.82) is 0 Å². The number of aromatic nitrogens is 1. The fourth-order valence-electron chi connectivity index (χ4n) is 5.52. The molecular formula is C24H25NO4. The molecule has 5 heteroatoms. The lowest BCUT2D eigenvalue weighted by molar-refractivity contribution is 0.00661. The van der Waals surface area contributed by atoms with Crippen molar-refractivity contribution in [2.24, 2.45) is 13.0 Å². The summed E-state index contributed by atoms with van der Waals surface area (Å²) in [6.07, 6.45) is 2.68. The highest BCUT2D eigenvalue weighted by atomic mass is 16.5. The van der Waals surface area contributed by atoms with Crippen molar-refractivity contribution in [3.8, 4) is 17.2 Å². The first-order valence-corrected chi connectivity index (χ1v) is 10.1. The molecule has 0 spiro atoms. The van der Waals surface area contributed by atoms with Crippen molar-refractivity contribution < 1.29 is 14.9 Å². The lowest BCUT2D eigenvalue weighted by Crippen LogP contribution is -2.44. The Hall–Kier alpha value is -2.95. The third-order valence-corrected chi connectivity index (χ3v) is 6.95. The van der Waals surface area contributed by atoms with E-state index in [1.165, 1.54) is 0 Å². The van der Waals surface area contributed by atoms with Crippen LogP contribution in [-0.4, -0.2) is 20.4 Å². The maximum atomic E-state index is 13.3. The van der Waals surface area contributed by atoms with E-state index in [2.05, 4.69) is 13.5 Å². The van der Waals surface area contributed by atoms with Crippen LogP contribution in [0.3, 0.4) is 0 Å². The molecule has 29 heavy (non-hydrogen) atoms. The number of hydrogen-bond donors (Lipinski definition) is 2. The van der Waals surface area contributed by atoms with Crippen LogP contribution in [0.2, 0.25) is 0 Å². The van der Waals surface area contributed by atoms with Crippen molar-refractivity contribution in [3.63, 3.8) is 0 Å². The van der Waals surface area contributed by atoms with Crippen molar-refractivity contribution in [2.75, 3.05) is 0 Å². The van der Waals surface area contributed by atoms with Gasteiger partial charge in [-0.2, -0.15) is 0 Å². The van der Waals surface area contributed by atoms with Gasteiger partial charge in [0.25, 0.3) is 0 Å². The van der Waals surface area contributed by atoms with Gasteiger partial charge in [-0.15, -0.1) is 0 Å². The van der Waals surface area contributed by atoms with Gasteiger partial charge in [-0.1, -0.05) is 18.2 Å². The summed E-state index contributed by atoms with van der Waals surface area (Å²) in [5, 5.41) is 22.4. The first-order valence-electron chi connectivity index (χ1n) is 10.1. The van der Waals surface area contributed by atoms with E-state index in [1.807, 2.05) is 13.0 Å². The molecular weight excluding hydrogens is 366 g/mol. The standard InChI is InChI=1S/C24H25NO4/c1-12(2)13-8-9-24(3)11-15(13)19-18(29-24)10-16-20(23(19)28)22(27)14-6-5-7-17(26)21(14)25(16)4/h5-7,10,13,15,26,28H,1,8-9,11H2,2-4H3. The Morgan fingerprint density at radius 1 is 1.34 bits per heavy atom. The number of para-hydroxylation sites is 1. The van der Waals surface area contributed by atoms with Crippen LogP contribution in [0.5, 0.6) is 17.2 Å². The summed E-state index contributed by atoms with van der Waals surface area (Å²) in [6.45, 7) is 8.33. The minimum Gasteiger partial charge on any atom is -0.507 e. The summed E-state index contributed by atoms with van der Waals surface area (Å²) in [5.41, 5.74) is 2.25. The zero-order valence-electron chi connectivity index (χ0n) is 17.0. The number of hydrogen-bond acceptors (Lipinski definition) is 4. The predicted octanol–water partition coefficient (Wildman–Crippen LogP) is 4.71. The summed E-state index contributed by atoms with van der Waals surface area (Å²) >= 11 is 0.